The number of nitrogens with zero attached hydrogens (tertiary/aromatic N) is 2. The van der Waals surface area contributed by atoms with Crippen molar-refractivity contribution >= 4 is 11.8 Å². The lowest BCUT2D eigenvalue weighted by Crippen LogP contribution is -2.42. The third kappa shape index (κ3) is 5.32. The number of aryl methyl sites for hydroxylation is 1. The van der Waals surface area contributed by atoms with Crippen molar-refractivity contribution in [1.29, 1.82) is 0 Å². The number of carbonyl (C=O) groups excluding carboxylic acids is 2. The molecule has 5 nitrogen and oxygen atoms in total. The third-order valence-electron chi connectivity index (χ3n) is 6.06. The molecule has 3 aromatic rings. The average molecular weight is 470 g/mol. The van der Waals surface area contributed by atoms with Gasteiger partial charge in [-0.1, -0.05) is 42.0 Å². The van der Waals surface area contributed by atoms with Gasteiger partial charge < -0.3 is 14.8 Å². The lowest BCUT2D eigenvalue weighted by Gasteiger charge is -2.37. The van der Waals surface area contributed by atoms with E-state index in [0.29, 0.717) is 18.7 Å². The number of alkyl halides is 3. The van der Waals surface area contributed by atoms with Crippen molar-refractivity contribution in [2.24, 2.45) is 0 Å². The second-order valence-corrected chi connectivity index (χ2v) is 8.50. The number of fused-ring (bicyclic) bond motifs is 1. The fraction of sp³-hybridized carbons (Fsp3) is 0.308. The molecule has 2 amide bonds. The van der Waals surface area contributed by atoms with Crippen LogP contribution in [0, 0.1) is 6.92 Å². The summed E-state index contributed by atoms with van der Waals surface area (Å²) in [6, 6.07) is 16.6. The van der Waals surface area contributed by atoms with Crippen molar-refractivity contribution in [1.82, 2.24) is 14.8 Å². The highest BCUT2D eigenvalue weighted by Gasteiger charge is 2.32. The smallest absolute Gasteiger partial charge is 0.352 e. The molecule has 0 bridgehead atoms. The second-order valence-electron chi connectivity index (χ2n) is 8.50. The highest BCUT2D eigenvalue weighted by atomic mass is 19.4. The summed E-state index contributed by atoms with van der Waals surface area (Å²) in [5, 5.41) is 2.62. The molecule has 8 heteroatoms. The minimum absolute atomic E-state index is 0.0253. The Balaban J connectivity index is 1.38. The van der Waals surface area contributed by atoms with Crippen LogP contribution in [-0.4, -0.2) is 27.8 Å². The summed E-state index contributed by atoms with van der Waals surface area (Å²) >= 11 is 0. The van der Waals surface area contributed by atoms with Gasteiger partial charge in [0, 0.05) is 44.4 Å². The van der Waals surface area contributed by atoms with Gasteiger partial charge in [-0.15, -0.1) is 0 Å². The van der Waals surface area contributed by atoms with Gasteiger partial charge in [-0.2, -0.15) is 13.2 Å². The SMILES string of the molecule is Cc1ccc([C@@H]2c3cccn3CCN2C(=O)CCC(=O)NCc2cccc(C(F)(F)F)c2)cc1. The van der Waals surface area contributed by atoms with E-state index in [1.54, 1.807) is 4.90 Å². The van der Waals surface area contributed by atoms with E-state index in [2.05, 4.69) is 9.88 Å². The number of amides is 2. The average Bonchev–Trinajstić information content (AvgIpc) is 3.30. The molecule has 4 rings (SSSR count). The quantitative estimate of drug-likeness (QED) is 0.562. The molecular formula is C26H26F3N3O2. The molecule has 0 aliphatic carbocycles. The first kappa shape index (κ1) is 23.6. The van der Waals surface area contributed by atoms with Crippen LogP contribution in [0.1, 0.15) is 46.8 Å². The van der Waals surface area contributed by atoms with Gasteiger partial charge in [0.2, 0.25) is 11.8 Å². The van der Waals surface area contributed by atoms with Crippen LogP contribution in [-0.2, 0) is 28.9 Å². The maximum Gasteiger partial charge on any atom is 0.416 e. The van der Waals surface area contributed by atoms with Crippen molar-refractivity contribution in [2.75, 3.05) is 6.54 Å². The van der Waals surface area contributed by atoms with Crippen LogP contribution in [0.2, 0.25) is 0 Å². The Labute approximate surface area is 196 Å². The number of carbonyl (C=O) groups is 2. The van der Waals surface area contributed by atoms with Gasteiger partial charge in [0.15, 0.2) is 0 Å². The zero-order valence-corrected chi connectivity index (χ0v) is 18.8. The maximum atomic E-state index is 13.1. The highest BCUT2D eigenvalue weighted by Crippen LogP contribution is 2.33. The van der Waals surface area contributed by atoms with Crippen molar-refractivity contribution in [2.45, 2.75) is 45.1 Å². The number of hydrogen-bond donors (Lipinski definition) is 1. The summed E-state index contributed by atoms with van der Waals surface area (Å²) in [6.45, 7) is 3.19. The summed E-state index contributed by atoms with van der Waals surface area (Å²) in [4.78, 5) is 27.3. The molecule has 1 aliphatic heterocycles. The van der Waals surface area contributed by atoms with E-state index >= 15 is 0 Å². The number of rotatable bonds is 6. The van der Waals surface area contributed by atoms with Crippen LogP contribution in [0.3, 0.4) is 0 Å². The molecule has 0 saturated carbocycles. The second kappa shape index (κ2) is 9.75. The maximum absolute atomic E-state index is 13.1. The van der Waals surface area contributed by atoms with Crippen LogP contribution in [0.5, 0.6) is 0 Å². The summed E-state index contributed by atoms with van der Waals surface area (Å²) < 4.78 is 40.7. The van der Waals surface area contributed by atoms with E-state index in [1.165, 1.54) is 12.1 Å². The van der Waals surface area contributed by atoms with Crippen LogP contribution in [0.4, 0.5) is 13.2 Å². The molecule has 0 unspecified atom stereocenters. The Kier molecular flexibility index (Phi) is 6.77. The van der Waals surface area contributed by atoms with Gasteiger partial charge in [0.05, 0.1) is 11.6 Å². The summed E-state index contributed by atoms with van der Waals surface area (Å²) in [5.74, 6) is -0.509. The number of nitrogens with one attached hydrogen (secondary N) is 1. The van der Waals surface area contributed by atoms with Gasteiger partial charge in [-0.25, -0.2) is 0 Å². The number of benzene rings is 2. The number of aromatic nitrogens is 1. The standard InChI is InChI=1S/C26H26F3N3O2/c1-18-7-9-20(10-8-18)25-22-6-3-13-31(22)14-15-32(25)24(34)12-11-23(33)30-17-19-4-2-5-21(16-19)26(27,28)29/h2-10,13,16,25H,11-12,14-15,17H2,1H3,(H,30,33)/t25-/m1/s1. The molecule has 34 heavy (non-hydrogen) atoms. The van der Waals surface area contributed by atoms with Gasteiger partial charge in [0.1, 0.15) is 0 Å². The van der Waals surface area contributed by atoms with Crippen molar-refractivity contribution in [3.05, 3.63) is 94.8 Å². The number of hydrogen-bond acceptors (Lipinski definition) is 2. The van der Waals surface area contributed by atoms with E-state index in [0.717, 1.165) is 29.0 Å². The lowest BCUT2D eigenvalue weighted by molar-refractivity contribution is -0.137. The Bertz CT molecular complexity index is 1170. The monoisotopic (exact) mass is 469 g/mol. The molecule has 2 aromatic carbocycles. The molecule has 1 atom stereocenters. The first-order chi connectivity index (χ1) is 16.2. The summed E-state index contributed by atoms with van der Waals surface area (Å²) in [5.41, 5.74) is 2.76. The van der Waals surface area contributed by atoms with Gasteiger partial charge in [-0.05, 0) is 42.3 Å². The minimum atomic E-state index is -4.44. The predicted molar refractivity (Wildman–Crippen MR) is 122 cm³/mol. The first-order valence-electron chi connectivity index (χ1n) is 11.2. The molecule has 0 spiro atoms. The molecule has 0 radical (unpaired) electrons. The molecule has 2 heterocycles. The topological polar surface area (TPSA) is 54.3 Å². The zero-order chi connectivity index (χ0) is 24.3. The summed E-state index contributed by atoms with van der Waals surface area (Å²) in [6.07, 6.45) is -2.44. The van der Waals surface area contributed by atoms with E-state index in [4.69, 9.17) is 0 Å². The van der Waals surface area contributed by atoms with E-state index in [1.807, 2.05) is 49.5 Å². The van der Waals surface area contributed by atoms with Gasteiger partial charge in [-0.3, -0.25) is 9.59 Å². The molecule has 1 aliphatic rings. The largest absolute Gasteiger partial charge is 0.416 e. The molecule has 1 aromatic heterocycles. The minimum Gasteiger partial charge on any atom is -0.352 e. The molecule has 0 fully saturated rings. The van der Waals surface area contributed by atoms with Crippen molar-refractivity contribution < 1.29 is 22.8 Å². The Morgan fingerprint density at radius 1 is 1.00 bits per heavy atom. The zero-order valence-electron chi connectivity index (χ0n) is 18.8. The van der Waals surface area contributed by atoms with Crippen LogP contribution in [0.25, 0.3) is 0 Å². The number of halogens is 3. The fourth-order valence-corrected chi connectivity index (χ4v) is 4.26. The predicted octanol–water partition coefficient (Wildman–Crippen LogP) is 4.84. The normalized spacial score (nSPS) is 15.6. The highest BCUT2D eigenvalue weighted by molar-refractivity contribution is 5.84. The summed E-state index contributed by atoms with van der Waals surface area (Å²) in [7, 11) is 0. The molecule has 0 saturated heterocycles. The van der Waals surface area contributed by atoms with Gasteiger partial charge in [0.25, 0.3) is 0 Å². The molecule has 1 N–H and O–H groups in total. The van der Waals surface area contributed by atoms with Gasteiger partial charge >= 0.3 is 6.18 Å². The van der Waals surface area contributed by atoms with Crippen LogP contribution in [0.15, 0.2) is 66.9 Å². The fourth-order valence-electron chi connectivity index (χ4n) is 4.26. The van der Waals surface area contributed by atoms with Crippen LogP contribution >= 0.6 is 0 Å². The lowest BCUT2D eigenvalue weighted by atomic mass is 9.98. The van der Waals surface area contributed by atoms with E-state index in [9.17, 15) is 22.8 Å². The Morgan fingerprint density at radius 2 is 1.76 bits per heavy atom. The van der Waals surface area contributed by atoms with Crippen molar-refractivity contribution in [3.8, 4) is 0 Å². The van der Waals surface area contributed by atoms with Crippen LogP contribution < -0.4 is 5.32 Å². The van der Waals surface area contributed by atoms with Crippen molar-refractivity contribution in [3.63, 3.8) is 0 Å². The molecule has 178 valence electrons. The third-order valence-corrected chi connectivity index (χ3v) is 6.06. The Morgan fingerprint density at radius 3 is 2.50 bits per heavy atom. The Hall–Kier alpha value is -3.55. The molecular weight excluding hydrogens is 443 g/mol. The van der Waals surface area contributed by atoms with E-state index in [-0.39, 0.29) is 37.2 Å². The first-order valence-corrected chi connectivity index (χ1v) is 11.2. The van der Waals surface area contributed by atoms with E-state index < -0.39 is 11.7 Å².